The Morgan fingerprint density at radius 2 is 1.96 bits per heavy atom. The molecule has 0 saturated carbocycles. The average molecular weight is 389 g/mol. The molecule has 0 aromatic carbocycles. The number of halogens is 1. The first kappa shape index (κ1) is 17.9. The summed E-state index contributed by atoms with van der Waals surface area (Å²) in [7, 11) is 0. The molecule has 4 heterocycles. The molecule has 4 amide bonds. The fourth-order valence-electron chi connectivity index (χ4n) is 3.92. The number of nitrogens with one attached hydrogen (secondary N) is 1. The number of hydrogen-bond donors (Lipinski definition) is 1. The highest BCUT2D eigenvalue weighted by molar-refractivity contribution is 6.30. The van der Waals surface area contributed by atoms with Gasteiger partial charge < -0.3 is 14.6 Å². The van der Waals surface area contributed by atoms with Gasteiger partial charge >= 0.3 is 6.03 Å². The minimum atomic E-state index is -0.859. The van der Waals surface area contributed by atoms with E-state index < -0.39 is 5.54 Å². The number of urea groups is 1. The molecule has 7 nitrogen and oxygen atoms in total. The Morgan fingerprint density at radius 3 is 2.67 bits per heavy atom. The molecule has 1 N–H and O–H groups in total. The van der Waals surface area contributed by atoms with Gasteiger partial charge in [0.05, 0.1) is 10.6 Å². The number of carbonyl (C=O) groups excluding carboxylic acids is 3. The molecule has 0 radical (unpaired) electrons. The number of imide groups is 1. The normalized spacial score (nSPS) is 19.2. The third-order valence-corrected chi connectivity index (χ3v) is 5.62. The largest absolute Gasteiger partial charge is 0.338 e. The minimum absolute atomic E-state index is 0.0770. The van der Waals surface area contributed by atoms with Crippen LogP contribution in [0.2, 0.25) is 5.02 Å². The Hall–Kier alpha value is -2.54. The van der Waals surface area contributed by atoms with Crippen molar-refractivity contribution in [2.24, 2.45) is 0 Å². The van der Waals surface area contributed by atoms with Crippen molar-refractivity contribution in [2.45, 2.75) is 31.7 Å². The molecule has 2 fully saturated rings. The van der Waals surface area contributed by atoms with Crippen LogP contribution in [0.3, 0.4) is 0 Å². The van der Waals surface area contributed by atoms with E-state index >= 15 is 0 Å². The van der Waals surface area contributed by atoms with Crippen molar-refractivity contribution in [1.29, 1.82) is 0 Å². The van der Waals surface area contributed by atoms with Crippen LogP contribution in [0.15, 0.2) is 30.6 Å². The van der Waals surface area contributed by atoms with Crippen molar-refractivity contribution in [2.75, 3.05) is 19.6 Å². The van der Waals surface area contributed by atoms with Crippen LogP contribution in [0.25, 0.3) is 5.52 Å². The van der Waals surface area contributed by atoms with E-state index in [-0.39, 0.29) is 17.8 Å². The van der Waals surface area contributed by atoms with E-state index in [1.165, 1.54) is 4.90 Å². The molecular formula is C19H21ClN4O3. The first-order chi connectivity index (χ1) is 12.9. The zero-order valence-electron chi connectivity index (χ0n) is 15.1. The van der Waals surface area contributed by atoms with E-state index in [0.717, 1.165) is 11.9 Å². The Labute approximate surface area is 161 Å². The average Bonchev–Trinajstić information content (AvgIpc) is 3.17. The molecule has 2 aliphatic heterocycles. The van der Waals surface area contributed by atoms with Crippen LogP contribution in [0.1, 0.15) is 36.5 Å². The molecule has 2 saturated heterocycles. The van der Waals surface area contributed by atoms with Gasteiger partial charge in [-0.3, -0.25) is 14.5 Å². The Bertz CT molecular complexity index is 930. The van der Waals surface area contributed by atoms with E-state index in [9.17, 15) is 14.4 Å². The van der Waals surface area contributed by atoms with Crippen LogP contribution in [0, 0.1) is 0 Å². The van der Waals surface area contributed by atoms with Crippen molar-refractivity contribution in [3.05, 3.63) is 41.2 Å². The molecule has 142 valence electrons. The zero-order valence-corrected chi connectivity index (χ0v) is 15.8. The first-order valence-corrected chi connectivity index (χ1v) is 9.52. The zero-order chi connectivity index (χ0) is 19.2. The summed E-state index contributed by atoms with van der Waals surface area (Å²) in [6, 6.07) is 5.15. The number of nitrogens with zero attached hydrogens (tertiary/aromatic N) is 3. The van der Waals surface area contributed by atoms with Gasteiger partial charge in [-0.1, -0.05) is 18.5 Å². The van der Waals surface area contributed by atoms with Crippen molar-refractivity contribution in [3.8, 4) is 0 Å². The topological polar surface area (TPSA) is 74.1 Å². The summed E-state index contributed by atoms with van der Waals surface area (Å²) >= 11 is 6.00. The number of rotatable bonds is 3. The van der Waals surface area contributed by atoms with Gasteiger partial charge in [0.2, 0.25) is 0 Å². The second-order valence-electron chi connectivity index (χ2n) is 7.17. The highest BCUT2D eigenvalue weighted by Gasteiger charge is 2.52. The molecule has 2 aliphatic rings. The number of aromatic nitrogens is 1. The van der Waals surface area contributed by atoms with Gasteiger partial charge in [-0.2, -0.15) is 0 Å². The summed E-state index contributed by atoms with van der Waals surface area (Å²) in [6.07, 6.45) is 5.12. The summed E-state index contributed by atoms with van der Waals surface area (Å²) < 4.78 is 1.82. The molecule has 0 atom stereocenters. The smallest absolute Gasteiger partial charge is 0.325 e. The van der Waals surface area contributed by atoms with Crippen LogP contribution >= 0.6 is 11.6 Å². The summed E-state index contributed by atoms with van der Waals surface area (Å²) in [4.78, 5) is 40.7. The summed E-state index contributed by atoms with van der Waals surface area (Å²) in [6.45, 7) is 3.21. The Balaban J connectivity index is 1.48. The van der Waals surface area contributed by atoms with E-state index in [1.54, 1.807) is 23.4 Å². The van der Waals surface area contributed by atoms with Gasteiger partial charge in [0.1, 0.15) is 5.54 Å². The van der Waals surface area contributed by atoms with E-state index in [4.69, 9.17) is 11.6 Å². The monoisotopic (exact) mass is 388 g/mol. The maximum atomic E-state index is 12.9. The highest BCUT2D eigenvalue weighted by atomic mass is 35.5. The molecule has 27 heavy (non-hydrogen) atoms. The number of amides is 4. The lowest BCUT2D eigenvalue weighted by molar-refractivity contribution is -0.132. The van der Waals surface area contributed by atoms with Crippen LogP contribution in [-0.2, 0) is 4.79 Å². The fourth-order valence-corrected chi connectivity index (χ4v) is 4.08. The van der Waals surface area contributed by atoms with Crippen LogP contribution in [-0.4, -0.2) is 57.2 Å². The molecular weight excluding hydrogens is 368 g/mol. The number of likely N-dealkylation sites (tertiary alicyclic amines) is 1. The maximum absolute atomic E-state index is 12.9. The first-order valence-electron chi connectivity index (χ1n) is 9.14. The summed E-state index contributed by atoms with van der Waals surface area (Å²) in [5, 5.41) is 3.46. The fraction of sp³-hybridized carbons (Fsp3) is 0.421. The number of pyridine rings is 1. The van der Waals surface area contributed by atoms with Gasteiger partial charge in [0.15, 0.2) is 0 Å². The van der Waals surface area contributed by atoms with Gasteiger partial charge in [-0.25, -0.2) is 4.79 Å². The maximum Gasteiger partial charge on any atom is 0.325 e. The number of carbonyl (C=O) groups is 3. The highest BCUT2D eigenvalue weighted by Crippen LogP contribution is 2.30. The SMILES string of the molecule is CCCN1C(=O)NC2(CCN(C(=O)c3cc4ccc(Cl)cn4c3)CC2)C1=O. The second kappa shape index (κ2) is 6.56. The van der Waals surface area contributed by atoms with Crippen LogP contribution in [0.5, 0.6) is 0 Å². The van der Waals surface area contributed by atoms with Crippen LogP contribution < -0.4 is 5.32 Å². The molecule has 0 unspecified atom stereocenters. The molecule has 0 aliphatic carbocycles. The van der Waals surface area contributed by atoms with Crippen LogP contribution in [0.4, 0.5) is 4.79 Å². The molecule has 4 rings (SSSR count). The van der Waals surface area contributed by atoms with Crippen molar-refractivity contribution in [3.63, 3.8) is 0 Å². The summed E-state index contributed by atoms with van der Waals surface area (Å²) in [5.74, 6) is -0.238. The lowest BCUT2D eigenvalue weighted by Gasteiger charge is -2.37. The molecule has 2 aromatic heterocycles. The lowest BCUT2D eigenvalue weighted by Crippen LogP contribution is -2.55. The second-order valence-corrected chi connectivity index (χ2v) is 7.61. The van der Waals surface area contributed by atoms with E-state index in [0.29, 0.717) is 43.1 Å². The molecule has 0 bridgehead atoms. The van der Waals surface area contributed by atoms with E-state index in [1.807, 2.05) is 23.5 Å². The van der Waals surface area contributed by atoms with Gasteiger partial charge in [0, 0.05) is 37.5 Å². The van der Waals surface area contributed by atoms with Crippen molar-refractivity contribution in [1.82, 2.24) is 19.5 Å². The van der Waals surface area contributed by atoms with Gasteiger partial charge in [0.25, 0.3) is 11.8 Å². The number of piperidine rings is 1. The number of fused-ring (bicyclic) bond motifs is 1. The minimum Gasteiger partial charge on any atom is -0.338 e. The predicted molar refractivity (Wildman–Crippen MR) is 101 cm³/mol. The Kier molecular flexibility index (Phi) is 4.34. The Morgan fingerprint density at radius 1 is 1.22 bits per heavy atom. The lowest BCUT2D eigenvalue weighted by atomic mass is 9.87. The number of hydrogen-bond acceptors (Lipinski definition) is 3. The standard InChI is InChI=1S/C19H21ClN4O3/c1-2-7-24-17(26)19(21-18(24)27)5-8-22(9-6-19)16(25)13-10-15-4-3-14(20)12-23(15)11-13/h3-4,10-12H,2,5-9H2,1H3,(H,21,27). The van der Waals surface area contributed by atoms with Gasteiger partial charge in [-0.05, 0) is 37.5 Å². The van der Waals surface area contributed by atoms with Crippen molar-refractivity contribution >= 4 is 35.0 Å². The molecule has 8 heteroatoms. The summed E-state index contributed by atoms with van der Waals surface area (Å²) in [5.41, 5.74) is 0.620. The molecule has 2 aromatic rings. The van der Waals surface area contributed by atoms with Gasteiger partial charge in [-0.15, -0.1) is 0 Å². The molecule has 1 spiro atoms. The third kappa shape index (κ3) is 2.96. The predicted octanol–water partition coefficient (Wildman–Crippen LogP) is 2.53. The van der Waals surface area contributed by atoms with E-state index in [2.05, 4.69) is 5.32 Å². The third-order valence-electron chi connectivity index (χ3n) is 5.40. The quantitative estimate of drug-likeness (QED) is 0.821. The van der Waals surface area contributed by atoms with Crippen molar-refractivity contribution < 1.29 is 14.4 Å².